The Morgan fingerprint density at radius 2 is 2.16 bits per heavy atom. The largest absolute Gasteiger partial charge is 0.384 e. The van der Waals surface area contributed by atoms with Gasteiger partial charge in [-0.15, -0.1) is 11.3 Å². The first-order chi connectivity index (χ1) is 9.29. The highest BCUT2D eigenvalue weighted by Gasteiger charge is 2.03. The molecule has 0 aliphatic rings. The first-order valence-electron chi connectivity index (χ1n) is 5.78. The number of benzene rings is 1. The van der Waals surface area contributed by atoms with Gasteiger partial charge in [-0.05, 0) is 29.1 Å². The van der Waals surface area contributed by atoms with Crippen molar-refractivity contribution in [2.24, 2.45) is 0 Å². The van der Waals surface area contributed by atoms with Gasteiger partial charge in [0.25, 0.3) is 0 Å². The van der Waals surface area contributed by atoms with Gasteiger partial charge in [0.1, 0.15) is 12.4 Å². The lowest BCUT2D eigenvalue weighted by molar-refractivity contribution is 0.109. The monoisotopic (exact) mass is 276 g/mol. The van der Waals surface area contributed by atoms with Gasteiger partial charge in [0.2, 0.25) is 0 Å². The molecule has 2 rings (SSSR count). The van der Waals surface area contributed by atoms with Crippen LogP contribution in [-0.2, 0) is 18.0 Å². The van der Waals surface area contributed by atoms with E-state index in [0.717, 1.165) is 10.4 Å². The van der Waals surface area contributed by atoms with Crippen molar-refractivity contribution in [1.82, 2.24) is 0 Å². The fraction of sp³-hybridized carbons (Fsp3) is 0.200. The van der Waals surface area contributed by atoms with Crippen molar-refractivity contribution in [3.05, 3.63) is 57.5 Å². The average Bonchev–Trinajstić information content (AvgIpc) is 2.91. The van der Waals surface area contributed by atoms with Crippen molar-refractivity contribution in [1.29, 1.82) is 0 Å². The molecule has 2 nitrogen and oxygen atoms in total. The van der Waals surface area contributed by atoms with E-state index in [1.54, 1.807) is 17.4 Å². The quantitative estimate of drug-likeness (QED) is 0.870. The van der Waals surface area contributed by atoms with E-state index < -0.39 is 0 Å². The van der Waals surface area contributed by atoms with Gasteiger partial charge in [0.05, 0.1) is 13.2 Å². The SMILES string of the molecule is OCC#Cc1cc(F)ccc1COCc1cccs1. The first-order valence-corrected chi connectivity index (χ1v) is 6.66. The molecule has 0 saturated heterocycles. The molecule has 1 heterocycles. The van der Waals surface area contributed by atoms with E-state index in [1.807, 2.05) is 17.5 Å². The molecular weight excluding hydrogens is 263 g/mol. The van der Waals surface area contributed by atoms with Gasteiger partial charge in [-0.3, -0.25) is 0 Å². The first kappa shape index (κ1) is 13.8. The van der Waals surface area contributed by atoms with Crippen molar-refractivity contribution in [2.75, 3.05) is 6.61 Å². The number of halogens is 1. The zero-order valence-electron chi connectivity index (χ0n) is 10.2. The summed E-state index contributed by atoms with van der Waals surface area (Å²) in [4.78, 5) is 1.14. The average molecular weight is 276 g/mol. The molecule has 2 aromatic rings. The molecule has 98 valence electrons. The summed E-state index contributed by atoms with van der Waals surface area (Å²) in [6.45, 7) is 0.654. The van der Waals surface area contributed by atoms with Crippen LogP contribution in [0.3, 0.4) is 0 Å². The Hall–Kier alpha value is -1.67. The minimum absolute atomic E-state index is 0.244. The minimum atomic E-state index is -0.343. The van der Waals surface area contributed by atoms with Crippen molar-refractivity contribution >= 4 is 11.3 Å². The summed E-state index contributed by atoms with van der Waals surface area (Å²) < 4.78 is 18.7. The molecule has 1 N–H and O–H groups in total. The van der Waals surface area contributed by atoms with Gasteiger partial charge in [0.15, 0.2) is 0 Å². The Morgan fingerprint density at radius 3 is 2.89 bits per heavy atom. The molecule has 4 heteroatoms. The van der Waals surface area contributed by atoms with Crippen molar-refractivity contribution < 1.29 is 14.2 Å². The number of aliphatic hydroxyl groups is 1. The summed E-state index contributed by atoms with van der Waals surface area (Å²) in [5.41, 5.74) is 1.37. The molecule has 0 unspecified atom stereocenters. The molecule has 0 saturated carbocycles. The lowest BCUT2D eigenvalue weighted by Crippen LogP contribution is -1.96. The standard InChI is InChI=1S/C15H13FO2S/c16-14-6-5-13(12(9-14)3-1-7-17)10-18-11-15-4-2-8-19-15/h2,4-6,8-9,17H,7,10-11H2. The maximum absolute atomic E-state index is 13.2. The maximum atomic E-state index is 13.2. The Balaban J connectivity index is 2.02. The van der Waals surface area contributed by atoms with Crippen molar-refractivity contribution in [2.45, 2.75) is 13.2 Å². The number of thiophene rings is 1. The third kappa shape index (κ3) is 4.18. The lowest BCUT2D eigenvalue weighted by atomic mass is 10.1. The zero-order chi connectivity index (χ0) is 13.5. The molecule has 19 heavy (non-hydrogen) atoms. The second-order valence-electron chi connectivity index (χ2n) is 3.83. The van der Waals surface area contributed by atoms with E-state index in [-0.39, 0.29) is 12.4 Å². The highest BCUT2D eigenvalue weighted by Crippen LogP contribution is 2.14. The van der Waals surface area contributed by atoms with Crippen LogP contribution in [0.25, 0.3) is 0 Å². The van der Waals surface area contributed by atoms with Crippen LogP contribution in [0.2, 0.25) is 0 Å². The smallest absolute Gasteiger partial charge is 0.124 e. The summed E-state index contributed by atoms with van der Waals surface area (Å²) in [6.07, 6.45) is 0. The van der Waals surface area contributed by atoms with Crippen LogP contribution in [-0.4, -0.2) is 11.7 Å². The van der Waals surface area contributed by atoms with Crippen LogP contribution in [0.4, 0.5) is 4.39 Å². The Morgan fingerprint density at radius 1 is 1.26 bits per heavy atom. The third-order valence-corrected chi connectivity index (χ3v) is 3.31. The van der Waals surface area contributed by atoms with Gasteiger partial charge >= 0.3 is 0 Å². The molecule has 0 amide bonds. The summed E-state index contributed by atoms with van der Waals surface area (Å²) in [5, 5.41) is 10.7. The van der Waals surface area contributed by atoms with Crippen LogP contribution in [0.1, 0.15) is 16.0 Å². The van der Waals surface area contributed by atoms with Gasteiger partial charge in [-0.1, -0.05) is 24.0 Å². The van der Waals surface area contributed by atoms with Crippen LogP contribution in [0.5, 0.6) is 0 Å². The second kappa shape index (κ2) is 7.05. The number of hydrogen-bond donors (Lipinski definition) is 1. The van der Waals surface area contributed by atoms with Gasteiger partial charge in [-0.25, -0.2) is 4.39 Å². The van der Waals surface area contributed by atoms with E-state index in [0.29, 0.717) is 18.8 Å². The number of ether oxygens (including phenoxy) is 1. The Labute approximate surface area is 115 Å². The summed E-state index contributed by atoms with van der Waals surface area (Å²) in [5.74, 6) is 4.91. The fourth-order valence-corrected chi connectivity index (χ4v) is 2.22. The Bertz CT molecular complexity index is 582. The predicted molar refractivity (Wildman–Crippen MR) is 73.2 cm³/mol. The van der Waals surface area contributed by atoms with Gasteiger partial charge in [-0.2, -0.15) is 0 Å². The summed E-state index contributed by atoms with van der Waals surface area (Å²) in [7, 11) is 0. The minimum Gasteiger partial charge on any atom is -0.384 e. The van der Waals surface area contributed by atoms with E-state index >= 15 is 0 Å². The predicted octanol–water partition coefficient (Wildman–Crippen LogP) is 2.95. The molecule has 0 fully saturated rings. The molecule has 0 aliphatic heterocycles. The van der Waals surface area contributed by atoms with E-state index in [1.165, 1.54) is 12.1 Å². The van der Waals surface area contributed by atoms with Crippen molar-refractivity contribution in [3.63, 3.8) is 0 Å². The molecule has 1 aromatic heterocycles. The topological polar surface area (TPSA) is 29.5 Å². The molecule has 0 radical (unpaired) electrons. The fourth-order valence-electron chi connectivity index (χ4n) is 1.58. The molecule has 1 aromatic carbocycles. The van der Waals surface area contributed by atoms with Crippen molar-refractivity contribution in [3.8, 4) is 11.8 Å². The van der Waals surface area contributed by atoms with E-state index in [2.05, 4.69) is 11.8 Å². The number of rotatable bonds is 4. The normalized spacial score (nSPS) is 10.0. The van der Waals surface area contributed by atoms with Crippen LogP contribution >= 0.6 is 11.3 Å². The summed E-state index contributed by atoms with van der Waals surface area (Å²) in [6, 6.07) is 8.37. The van der Waals surface area contributed by atoms with Gasteiger partial charge < -0.3 is 9.84 Å². The van der Waals surface area contributed by atoms with E-state index in [4.69, 9.17) is 9.84 Å². The lowest BCUT2D eigenvalue weighted by Gasteiger charge is -2.06. The molecule has 0 bridgehead atoms. The van der Waals surface area contributed by atoms with Crippen LogP contribution in [0.15, 0.2) is 35.7 Å². The van der Waals surface area contributed by atoms with E-state index in [9.17, 15) is 4.39 Å². The molecular formula is C15H13FO2S. The summed E-state index contributed by atoms with van der Waals surface area (Å²) >= 11 is 1.63. The number of aliphatic hydroxyl groups excluding tert-OH is 1. The maximum Gasteiger partial charge on any atom is 0.124 e. The highest BCUT2D eigenvalue weighted by atomic mass is 32.1. The molecule has 0 aliphatic carbocycles. The molecule has 0 spiro atoms. The Kier molecular flexibility index (Phi) is 5.10. The number of hydrogen-bond acceptors (Lipinski definition) is 3. The highest BCUT2D eigenvalue weighted by molar-refractivity contribution is 7.09. The second-order valence-corrected chi connectivity index (χ2v) is 4.87. The van der Waals surface area contributed by atoms with Crippen LogP contribution < -0.4 is 0 Å². The zero-order valence-corrected chi connectivity index (χ0v) is 11.0. The third-order valence-electron chi connectivity index (χ3n) is 2.46. The van der Waals surface area contributed by atoms with Gasteiger partial charge in [0, 0.05) is 10.4 Å². The van der Waals surface area contributed by atoms with Crippen LogP contribution in [0, 0.1) is 17.7 Å². The molecule has 0 atom stereocenters.